The SMILES string of the molecule is CCCCC(=O)Nc1cncc(-c2cc3c(-c4nc5c(-c6cc(F)cc(NCCN(C)C)c6)nccc5[nH]4)n[nH]c3cn2)c1. The molecule has 44 heavy (non-hydrogen) atoms. The van der Waals surface area contributed by atoms with E-state index in [0.717, 1.165) is 41.4 Å². The van der Waals surface area contributed by atoms with Crippen molar-refractivity contribution in [2.24, 2.45) is 0 Å². The zero-order chi connectivity index (χ0) is 30.6. The molecule has 224 valence electrons. The molecule has 11 nitrogen and oxygen atoms in total. The van der Waals surface area contributed by atoms with Crippen LogP contribution in [0.1, 0.15) is 26.2 Å². The van der Waals surface area contributed by atoms with Crippen LogP contribution >= 0.6 is 0 Å². The lowest BCUT2D eigenvalue weighted by molar-refractivity contribution is -0.116. The van der Waals surface area contributed by atoms with E-state index >= 15 is 0 Å². The van der Waals surface area contributed by atoms with Gasteiger partial charge in [-0.25, -0.2) is 9.37 Å². The number of aromatic amines is 2. The van der Waals surface area contributed by atoms with E-state index in [1.807, 2.05) is 38.4 Å². The van der Waals surface area contributed by atoms with Crippen molar-refractivity contribution in [3.63, 3.8) is 0 Å². The second kappa shape index (κ2) is 12.6. The van der Waals surface area contributed by atoms with Crippen molar-refractivity contribution >= 4 is 39.2 Å². The van der Waals surface area contributed by atoms with E-state index in [1.54, 1.807) is 24.8 Å². The highest BCUT2D eigenvalue weighted by Gasteiger charge is 2.18. The van der Waals surface area contributed by atoms with Gasteiger partial charge in [0.25, 0.3) is 0 Å². The highest BCUT2D eigenvalue weighted by atomic mass is 19.1. The number of nitrogens with one attached hydrogen (secondary N) is 4. The van der Waals surface area contributed by atoms with E-state index < -0.39 is 0 Å². The predicted molar refractivity (Wildman–Crippen MR) is 171 cm³/mol. The summed E-state index contributed by atoms with van der Waals surface area (Å²) >= 11 is 0. The van der Waals surface area contributed by atoms with Crippen LogP contribution in [0.25, 0.3) is 56.0 Å². The number of carbonyl (C=O) groups excluding carboxylic acids is 1. The number of benzene rings is 1. The summed E-state index contributed by atoms with van der Waals surface area (Å²) in [4.78, 5) is 36.0. The molecule has 5 aromatic heterocycles. The Kier molecular flexibility index (Phi) is 8.24. The second-order valence-electron chi connectivity index (χ2n) is 10.9. The van der Waals surface area contributed by atoms with E-state index in [-0.39, 0.29) is 11.7 Å². The van der Waals surface area contributed by atoms with Crippen LogP contribution in [0.4, 0.5) is 15.8 Å². The van der Waals surface area contributed by atoms with Gasteiger partial charge >= 0.3 is 0 Å². The number of fused-ring (bicyclic) bond motifs is 2. The van der Waals surface area contributed by atoms with Gasteiger partial charge in [0.1, 0.15) is 17.0 Å². The van der Waals surface area contributed by atoms with Gasteiger partial charge in [0.2, 0.25) is 5.91 Å². The Morgan fingerprint density at radius 1 is 0.977 bits per heavy atom. The Morgan fingerprint density at radius 3 is 2.68 bits per heavy atom. The van der Waals surface area contributed by atoms with Gasteiger partial charge in [-0.2, -0.15) is 5.10 Å². The van der Waals surface area contributed by atoms with Crippen molar-refractivity contribution in [2.75, 3.05) is 37.8 Å². The highest BCUT2D eigenvalue weighted by molar-refractivity contribution is 5.97. The first-order chi connectivity index (χ1) is 21.4. The molecule has 0 aliphatic heterocycles. The topological polar surface area (TPSA) is 140 Å². The average Bonchev–Trinajstić information content (AvgIpc) is 3.63. The molecule has 0 atom stereocenters. The number of hydrogen-bond donors (Lipinski definition) is 4. The number of imidazole rings is 1. The van der Waals surface area contributed by atoms with E-state index in [2.05, 4.69) is 52.6 Å². The number of H-pyrrole nitrogens is 2. The van der Waals surface area contributed by atoms with Crippen molar-refractivity contribution in [1.29, 1.82) is 0 Å². The lowest BCUT2D eigenvalue weighted by atomic mass is 10.1. The van der Waals surface area contributed by atoms with Crippen LogP contribution in [0.15, 0.2) is 61.2 Å². The first kappa shape index (κ1) is 28.9. The van der Waals surface area contributed by atoms with Crippen LogP contribution in [-0.4, -0.2) is 73.1 Å². The Hall–Kier alpha value is -5.23. The van der Waals surface area contributed by atoms with Crippen LogP contribution < -0.4 is 10.6 Å². The fourth-order valence-corrected chi connectivity index (χ4v) is 4.98. The number of rotatable bonds is 11. The lowest BCUT2D eigenvalue weighted by Crippen LogP contribution is -2.20. The molecular weight excluding hydrogens is 559 g/mol. The number of nitrogens with zero attached hydrogens (tertiary/aromatic N) is 6. The van der Waals surface area contributed by atoms with Crippen LogP contribution in [0.2, 0.25) is 0 Å². The molecule has 4 N–H and O–H groups in total. The predicted octanol–water partition coefficient (Wildman–Crippen LogP) is 5.87. The van der Waals surface area contributed by atoms with Crippen molar-refractivity contribution in [2.45, 2.75) is 26.2 Å². The molecule has 0 aliphatic carbocycles. The first-order valence-electron chi connectivity index (χ1n) is 14.5. The van der Waals surface area contributed by atoms with Crippen LogP contribution in [0, 0.1) is 5.82 Å². The van der Waals surface area contributed by atoms with Gasteiger partial charge in [-0.3, -0.25) is 24.8 Å². The number of carbonyl (C=O) groups is 1. The monoisotopic (exact) mass is 592 g/mol. The summed E-state index contributed by atoms with van der Waals surface area (Å²) in [5, 5.41) is 14.6. The number of likely N-dealkylation sites (N-methyl/N-ethyl adjacent to an activating group) is 1. The normalized spacial score (nSPS) is 11.5. The Bertz CT molecular complexity index is 1950. The zero-order valence-corrected chi connectivity index (χ0v) is 24.8. The highest BCUT2D eigenvalue weighted by Crippen LogP contribution is 2.33. The lowest BCUT2D eigenvalue weighted by Gasteiger charge is -2.12. The summed E-state index contributed by atoms with van der Waals surface area (Å²) in [6.45, 7) is 3.54. The number of aromatic nitrogens is 7. The maximum atomic E-state index is 14.7. The third-order valence-corrected chi connectivity index (χ3v) is 7.21. The number of anilines is 2. The van der Waals surface area contributed by atoms with Crippen LogP contribution in [0.5, 0.6) is 0 Å². The first-order valence-corrected chi connectivity index (χ1v) is 14.5. The number of pyridine rings is 3. The summed E-state index contributed by atoms with van der Waals surface area (Å²) in [6.07, 6.45) is 8.96. The summed E-state index contributed by atoms with van der Waals surface area (Å²) in [7, 11) is 3.98. The number of unbranched alkanes of at least 4 members (excludes halogenated alkanes) is 1. The number of hydrogen-bond acceptors (Lipinski definition) is 8. The van der Waals surface area contributed by atoms with E-state index in [0.29, 0.717) is 58.3 Å². The molecule has 1 amide bonds. The smallest absolute Gasteiger partial charge is 0.224 e. The van der Waals surface area contributed by atoms with Gasteiger partial charge in [-0.15, -0.1) is 0 Å². The van der Waals surface area contributed by atoms with E-state index in [4.69, 9.17) is 4.98 Å². The quantitative estimate of drug-likeness (QED) is 0.147. The van der Waals surface area contributed by atoms with Crippen molar-refractivity contribution in [3.8, 4) is 34.0 Å². The third kappa shape index (κ3) is 6.25. The Balaban J connectivity index is 1.33. The summed E-state index contributed by atoms with van der Waals surface area (Å²) in [5.74, 6) is 0.135. The van der Waals surface area contributed by atoms with Gasteiger partial charge < -0.3 is 20.5 Å². The van der Waals surface area contributed by atoms with E-state index in [1.165, 1.54) is 12.1 Å². The molecule has 0 radical (unpaired) electrons. The molecule has 1 aromatic carbocycles. The summed E-state index contributed by atoms with van der Waals surface area (Å²) in [6, 6.07) is 10.4. The summed E-state index contributed by atoms with van der Waals surface area (Å²) < 4.78 is 14.7. The van der Waals surface area contributed by atoms with Crippen molar-refractivity contribution < 1.29 is 9.18 Å². The Morgan fingerprint density at radius 2 is 1.84 bits per heavy atom. The van der Waals surface area contributed by atoms with Gasteiger partial charge in [-0.05, 0) is 56.9 Å². The fraction of sp³-hybridized carbons (Fsp3) is 0.250. The molecule has 0 saturated heterocycles. The minimum atomic E-state index is -0.359. The minimum Gasteiger partial charge on any atom is -0.384 e. The van der Waals surface area contributed by atoms with Gasteiger partial charge in [0, 0.05) is 54.1 Å². The third-order valence-electron chi connectivity index (χ3n) is 7.21. The van der Waals surface area contributed by atoms with Gasteiger partial charge in [0.05, 0.1) is 40.5 Å². The molecule has 0 fully saturated rings. The fourth-order valence-electron chi connectivity index (χ4n) is 4.98. The van der Waals surface area contributed by atoms with Crippen molar-refractivity contribution in [3.05, 3.63) is 67.0 Å². The van der Waals surface area contributed by atoms with Crippen molar-refractivity contribution in [1.82, 2.24) is 40.0 Å². The molecule has 6 aromatic rings. The van der Waals surface area contributed by atoms with Crippen LogP contribution in [0.3, 0.4) is 0 Å². The molecule has 5 heterocycles. The molecule has 0 unspecified atom stereocenters. The largest absolute Gasteiger partial charge is 0.384 e. The maximum absolute atomic E-state index is 14.7. The van der Waals surface area contributed by atoms with Gasteiger partial charge in [-0.1, -0.05) is 13.3 Å². The molecule has 0 bridgehead atoms. The molecule has 6 rings (SSSR count). The molecule has 0 aliphatic rings. The minimum absolute atomic E-state index is 0.0415. The molecule has 12 heteroatoms. The summed E-state index contributed by atoms with van der Waals surface area (Å²) in [5.41, 5.74) is 6.59. The number of amides is 1. The average molecular weight is 593 g/mol. The van der Waals surface area contributed by atoms with Crippen LogP contribution in [-0.2, 0) is 4.79 Å². The van der Waals surface area contributed by atoms with E-state index in [9.17, 15) is 9.18 Å². The second-order valence-corrected chi connectivity index (χ2v) is 10.9. The van der Waals surface area contributed by atoms with Gasteiger partial charge in [0.15, 0.2) is 5.82 Å². The number of halogens is 1. The molecule has 0 spiro atoms. The zero-order valence-electron chi connectivity index (χ0n) is 24.8. The Labute approximate surface area is 253 Å². The molecule has 0 saturated carbocycles. The maximum Gasteiger partial charge on any atom is 0.224 e. The molecular formula is C32H33FN10O. The standard InChI is InChI=1S/C32H33FN10O/c1-4-5-6-28(44)38-23-13-20(16-34-17-23)26-15-24-27(18-37-26)41-42-30(24)32-39-25-7-8-36-29(31(25)40-32)19-11-21(33)14-22(12-19)35-9-10-43(2)3/h7-8,11-18,35H,4-6,9-10H2,1-3H3,(H,38,44)(H,39,40)(H,41,42).